The van der Waals surface area contributed by atoms with Crippen molar-refractivity contribution in [3.05, 3.63) is 17.5 Å². The van der Waals surface area contributed by atoms with E-state index in [1.54, 1.807) is 6.20 Å². The van der Waals surface area contributed by atoms with Crippen molar-refractivity contribution < 1.29 is 9.90 Å². The number of rotatable bonds is 4. The normalized spacial score (nSPS) is 25.6. The number of aromatic nitrogens is 2. The van der Waals surface area contributed by atoms with Crippen molar-refractivity contribution in [2.75, 3.05) is 19.6 Å². The summed E-state index contributed by atoms with van der Waals surface area (Å²) >= 11 is 0. The summed E-state index contributed by atoms with van der Waals surface area (Å²) in [4.78, 5) is 15.9. The van der Waals surface area contributed by atoms with Crippen LogP contribution in [0.2, 0.25) is 0 Å². The Labute approximate surface area is 118 Å². The van der Waals surface area contributed by atoms with Crippen molar-refractivity contribution in [3.8, 4) is 0 Å². The molecule has 1 aromatic rings. The molecule has 0 aromatic carbocycles. The van der Waals surface area contributed by atoms with Gasteiger partial charge in [-0.2, -0.15) is 5.10 Å². The molecule has 0 saturated carbocycles. The molecule has 0 aliphatic carbocycles. The average molecular weight is 278 g/mol. The maximum absolute atomic E-state index is 11.0. The average Bonchev–Trinajstić information content (AvgIpc) is 2.83. The summed E-state index contributed by atoms with van der Waals surface area (Å²) in [7, 11) is 0. The lowest BCUT2D eigenvalue weighted by Gasteiger charge is -2.49. The second-order valence-electron chi connectivity index (χ2n) is 6.01. The SMILES string of the molecule is CC1CCCCN1C1CN(Cc2cn[nH]c2C(=O)O)C1. The van der Waals surface area contributed by atoms with E-state index in [9.17, 15) is 4.79 Å². The third-order valence-electron chi connectivity index (χ3n) is 4.59. The van der Waals surface area contributed by atoms with E-state index in [-0.39, 0.29) is 5.69 Å². The first kappa shape index (κ1) is 13.6. The van der Waals surface area contributed by atoms with E-state index in [0.717, 1.165) is 18.7 Å². The van der Waals surface area contributed by atoms with Crippen LogP contribution in [0.3, 0.4) is 0 Å². The zero-order valence-electron chi connectivity index (χ0n) is 11.9. The van der Waals surface area contributed by atoms with E-state index in [1.165, 1.54) is 25.8 Å². The standard InChI is InChI=1S/C14H22N4O2/c1-10-4-2-3-5-18(10)12-8-17(9-12)7-11-6-15-16-13(11)14(19)20/h6,10,12H,2-5,7-9H2,1H3,(H,15,16)(H,19,20). The topological polar surface area (TPSA) is 72.5 Å². The van der Waals surface area contributed by atoms with E-state index in [0.29, 0.717) is 18.6 Å². The number of likely N-dealkylation sites (tertiary alicyclic amines) is 2. The summed E-state index contributed by atoms with van der Waals surface area (Å²) in [5.74, 6) is -0.931. The molecular weight excluding hydrogens is 256 g/mol. The number of nitrogens with zero attached hydrogens (tertiary/aromatic N) is 3. The lowest BCUT2D eigenvalue weighted by molar-refractivity contribution is -0.00633. The Morgan fingerprint density at radius 3 is 3.00 bits per heavy atom. The molecule has 6 nitrogen and oxygen atoms in total. The second-order valence-corrected chi connectivity index (χ2v) is 6.01. The van der Waals surface area contributed by atoms with E-state index >= 15 is 0 Å². The number of carboxylic acid groups (broad SMARTS) is 1. The van der Waals surface area contributed by atoms with Gasteiger partial charge in [-0.3, -0.25) is 14.9 Å². The number of nitrogens with one attached hydrogen (secondary N) is 1. The number of carbonyl (C=O) groups is 1. The second kappa shape index (κ2) is 5.54. The van der Waals surface area contributed by atoms with Crippen LogP contribution in [0.5, 0.6) is 0 Å². The lowest BCUT2D eigenvalue weighted by Crippen LogP contribution is -2.61. The molecular formula is C14H22N4O2. The van der Waals surface area contributed by atoms with Gasteiger partial charge in [-0.05, 0) is 26.3 Å². The van der Waals surface area contributed by atoms with Crippen LogP contribution < -0.4 is 0 Å². The molecule has 0 radical (unpaired) electrons. The van der Waals surface area contributed by atoms with E-state index < -0.39 is 5.97 Å². The van der Waals surface area contributed by atoms with Gasteiger partial charge in [0.05, 0.1) is 6.20 Å². The van der Waals surface area contributed by atoms with Crippen molar-refractivity contribution in [2.24, 2.45) is 0 Å². The van der Waals surface area contributed by atoms with Gasteiger partial charge in [0.1, 0.15) is 5.69 Å². The molecule has 1 aromatic heterocycles. The number of H-pyrrole nitrogens is 1. The Morgan fingerprint density at radius 1 is 1.50 bits per heavy atom. The number of aromatic carboxylic acids is 1. The van der Waals surface area contributed by atoms with Crippen LogP contribution in [0.25, 0.3) is 0 Å². The van der Waals surface area contributed by atoms with Crippen LogP contribution in [0.1, 0.15) is 42.2 Å². The fraction of sp³-hybridized carbons (Fsp3) is 0.714. The van der Waals surface area contributed by atoms with Crippen LogP contribution in [0.4, 0.5) is 0 Å². The summed E-state index contributed by atoms with van der Waals surface area (Å²) in [5.41, 5.74) is 1.00. The highest BCUT2D eigenvalue weighted by Gasteiger charge is 2.35. The first-order chi connectivity index (χ1) is 9.65. The summed E-state index contributed by atoms with van der Waals surface area (Å²) in [6.45, 7) is 6.28. The van der Waals surface area contributed by atoms with Gasteiger partial charge in [-0.25, -0.2) is 4.79 Å². The summed E-state index contributed by atoms with van der Waals surface area (Å²) in [6, 6.07) is 1.34. The van der Waals surface area contributed by atoms with Crippen LogP contribution in [0.15, 0.2) is 6.20 Å². The summed E-state index contributed by atoms with van der Waals surface area (Å²) in [5, 5.41) is 15.4. The van der Waals surface area contributed by atoms with Gasteiger partial charge >= 0.3 is 5.97 Å². The van der Waals surface area contributed by atoms with E-state index in [1.807, 2.05) is 0 Å². The molecule has 0 spiro atoms. The fourth-order valence-corrected chi connectivity index (χ4v) is 3.40. The van der Waals surface area contributed by atoms with E-state index in [4.69, 9.17) is 5.11 Å². The highest BCUT2D eigenvalue weighted by atomic mass is 16.4. The van der Waals surface area contributed by atoms with Gasteiger partial charge in [0, 0.05) is 37.3 Å². The molecule has 2 aliphatic rings. The summed E-state index contributed by atoms with van der Waals surface area (Å²) < 4.78 is 0. The van der Waals surface area contributed by atoms with Gasteiger partial charge in [-0.15, -0.1) is 0 Å². The minimum atomic E-state index is -0.931. The van der Waals surface area contributed by atoms with E-state index in [2.05, 4.69) is 26.9 Å². The molecule has 20 heavy (non-hydrogen) atoms. The molecule has 2 N–H and O–H groups in total. The monoisotopic (exact) mass is 278 g/mol. The first-order valence-corrected chi connectivity index (χ1v) is 7.39. The fourth-order valence-electron chi connectivity index (χ4n) is 3.40. The van der Waals surface area contributed by atoms with Gasteiger partial charge in [0.25, 0.3) is 0 Å². The van der Waals surface area contributed by atoms with Crippen LogP contribution >= 0.6 is 0 Å². The van der Waals surface area contributed by atoms with Crippen molar-refractivity contribution in [3.63, 3.8) is 0 Å². The third-order valence-corrected chi connectivity index (χ3v) is 4.59. The zero-order valence-corrected chi connectivity index (χ0v) is 11.9. The molecule has 1 atom stereocenters. The van der Waals surface area contributed by atoms with Crippen LogP contribution in [-0.4, -0.2) is 62.8 Å². The highest BCUT2D eigenvalue weighted by molar-refractivity contribution is 5.86. The van der Waals surface area contributed by atoms with Crippen molar-refractivity contribution in [2.45, 2.75) is 44.8 Å². The van der Waals surface area contributed by atoms with Crippen molar-refractivity contribution >= 4 is 5.97 Å². The molecule has 1 unspecified atom stereocenters. The molecule has 2 fully saturated rings. The van der Waals surface area contributed by atoms with Gasteiger partial charge < -0.3 is 5.11 Å². The molecule has 110 valence electrons. The Balaban J connectivity index is 1.53. The highest BCUT2D eigenvalue weighted by Crippen LogP contribution is 2.25. The Bertz CT molecular complexity index is 481. The van der Waals surface area contributed by atoms with Crippen LogP contribution in [-0.2, 0) is 6.54 Å². The minimum absolute atomic E-state index is 0.222. The molecule has 6 heteroatoms. The van der Waals surface area contributed by atoms with Gasteiger partial charge in [-0.1, -0.05) is 6.42 Å². The first-order valence-electron chi connectivity index (χ1n) is 7.39. The Hall–Kier alpha value is -1.40. The molecule has 3 heterocycles. The van der Waals surface area contributed by atoms with Crippen LogP contribution in [0, 0.1) is 0 Å². The maximum atomic E-state index is 11.0. The van der Waals surface area contributed by atoms with Gasteiger partial charge in [0.2, 0.25) is 0 Å². The predicted molar refractivity (Wildman–Crippen MR) is 74.6 cm³/mol. The Morgan fingerprint density at radius 2 is 2.30 bits per heavy atom. The molecule has 2 aliphatic heterocycles. The number of piperidine rings is 1. The summed E-state index contributed by atoms with van der Waals surface area (Å²) in [6.07, 6.45) is 5.60. The number of aromatic amines is 1. The molecule has 0 bridgehead atoms. The molecule has 3 rings (SSSR count). The van der Waals surface area contributed by atoms with Crippen molar-refractivity contribution in [1.29, 1.82) is 0 Å². The largest absolute Gasteiger partial charge is 0.477 e. The molecule has 2 saturated heterocycles. The number of carboxylic acids is 1. The minimum Gasteiger partial charge on any atom is -0.477 e. The smallest absolute Gasteiger partial charge is 0.354 e. The third kappa shape index (κ3) is 2.58. The number of hydrogen-bond acceptors (Lipinski definition) is 4. The maximum Gasteiger partial charge on any atom is 0.354 e. The van der Waals surface area contributed by atoms with Gasteiger partial charge in [0.15, 0.2) is 0 Å². The lowest BCUT2D eigenvalue weighted by atomic mass is 9.97. The Kier molecular flexibility index (Phi) is 3.76. The number of hydrogen-bond donors (Lipinski definition) is 2. The quantitative estimate of drug-likeness (QED) is 0.865. The zero-order chi connectivity index (χ0) is 14.1. The predicted octanol–water partition coefficient (Wildman–Crippen LogP) is 1.17. The molecule has 0 amide bonds. The van der Waals surface area contributed by atoms with Crippen molar-refractivity contribution in [1.82, 2.24) is 20.0 Å².